The Hall–Kier alpha value is -1.58. The molecular formula is C16H17ClN2S. The van der Waals surface area contributed by atoms with Gasteiger partial charge in [-0.25, -0.2) is 0 Å². The number of hydrogen-bond donors (Lipinski definition) is 2. The molecule has 0 amide bonds. The Bertz CT molecular complexity index is 626. The van der Waals surface area contributed by atoms with Crippen LogP contribution < -0.4 is 11.1 Å². The largest absolute Gasteiger partial charge is 0.389 e. The van der Waals surface area contributed by atoms with E-state index in [-0.39, 0.29) is 0 Å². The van der Waals surface area contributed by atoms with Crippen LogP contribution in [0.25, 0.3) is 0 Å². The number of nitrogens with two attached hydrogens (primary N) is 1. The Morgan fingerprint density at radius 2 is 2.00 bits per heavy atom. The molecule has 0 radical (unpaired) electrons. The number of aryl methyl sites for hydroxylation is 1. The van der Waals surface area contributed by atoms with E-state index in [1.165, 1.54) is 11.1 Å². The van der Waals surface area contributed by atoms with E-state index in [2.05, 4.69) is 36.5 Å². The van der Waals surface area contributed by atoms with Crippen molar-refractivity contribution in [2.24, 2.45) is 5.73 Å². The van der Waals surface area contributed by atoms with Crippen LogP contribution in [0.2, 0.25) is 5.02 Å². The normalized spacial score (nSPS) is 10.3. The summed E-state index contributed by atoms with van der Waals surface area (Å²) in [5, 5.41) is 3.93. The molecule has 4 heteroatoms. The Morgan fingerprint density at radius 3 is 2.70 bits per heavy atom. The van der Waals surface area contributed by atoms with Gasteiger partial charge in [-0.15, -0.1) is 0 Å². The van der Waals surface area contributed by atoms with Crippen molar-refractivity contribution >= 4 is 34.5 Å². The molecule has 0 saturated carbocycles. The van der Waals surface area contributed by atoms with Crippen molar-refractivity contribution in [2.45, 2.75) is 13.3 Å². The maximum Gasteiger partial charge on any atom is 0.107 e. The van der Waals surface area contributed by atoms with Crippen molar-refractivity contribution in [1.82, 2.24) is 0 Å². The fourth-order valence-corrected chi connectivity index (χ4v) is 2.68. The molecule has 0 spiro atoms. The van der Waals surface area contributed by atoms with E-state index in [1.807, 2.05) is 12.1 Å². The highest BCUT2D eigenvalue weighted by Crippen LogP contribution is 2.24. The van der Waals surface area contributed by atoms with Crippen LogP contribution in [0, 0.1) is 6.92 Å². The lowest BCUT2D eigenvalue weighted by Crippen LogP contribution is -2.15. The summed E-state index contributed by atoms with van der Waals surface area (Å²) in [4.78, 5) is 0.314. The lowest BCUT2D eigenvalue weighted by molar-refractivity contribution is 1.02. The first-order chi connectivity index (χ1) is 9.58. The minimum atomic E-state index is 0.314. The molecule has 0 bridgehead atoms. The predicted molar refractivity (Wildman–Crippen MR) is 90.7 cm³/mol. The molecular weight excluding hydrogens is 288 g/mol. The van der Waals surface area contributed by atoms with Gasteiger partial charge >= 0.3 is 0 Å². The highest BCUT2D eigenvalue weighted by molar-refractivity contribution is 7.80. The van der Waals surface area contributed by atoms with E-state index in [1.54, 1.807) is 6.07 Å². The maximum absolute atomic E-state index is 6.13. The molecule has 20 heavy (non-hydrogen) atoms. The van der Waals surface area contributed by atoms with Crippen LogP contribution in [0.4, 0.5) is 5.69 Å². The minimum absolute atomic E-state index is 0.314. The second-order valence-electron chi connectivity index (χ2n) is 4.69. The molecule has 2 aromatic carbocycles. The van der Waals surface area contributed by atoms with E-state index in [0.29, 0.717) is 15.6 Å². The molecule has 0 aliphatic heterocycles. The molecule has 0 aliphatic rings. The Morgan fingerprint density at radius 1 is 1.25 bits per heavy atom. The fraction of sp³-hybridized carbons (Fsp3) is 0.188. The van der Waals surface area contributed by atoms with Crippen molar-refractivity contribution in [3.63, 3.8) is 0 Å². The van der Waals surface area contributed by atoms with Gasteiger partial charge in [-0.3, -0.25) is 0 Å². The second-order valence-corrected chi connectivity index (χ2v) is 5.54. The van der Waals surface area contributed by atoms with Crippen molar-refractivity contribution in [2.75, 3.05) is 11.9 Å². The first kappa shape index (κ1) is 14.8. The number of nitrogens with one attached hydrogen (secondary N) is 1. The summed E-state index contributed by atoms with van der Waals surface area (Å²) in [7, 11) is 0. The summed E-state index contributed by atoms with van der Waals surface area (Å²) < 4.78 is 0. The van der Waals surface area contributed by atoms with Crippen LogP contribution >= 0.6 is 23.8 Å². The summed E-state index contributed by atoms with van der Waals surface area (Å²) in [5.41, 5.74) is 9.90. The minimum Gasteiger partial charge on any atom is -0.389 e. The summed E-state index contributed by atoms with van der Waals surface area (Å²) in [5.74, 6) is 0. The zero-order valence-electron chi connectivity index (χ0n) is 11.3. The van der Waals surface area contributed by atoms with Crippen molar-refractivity contribution in [3.05, 3.63) is 64.2 Å². The van der Waals surface area contributed by atoms with E-state index >= 15 is 0 Å². The molecule has 3 N–H and O–H groups in total. The van der Waals surface area contributed by atoms with Crippen LogP contribution in [0.5, 0.6) is 0 Å². The molecule has 0 fully saturated rings. The Balaban J connectivity index is 2.05. The molecule has 0 saturated heterocycles. The third kappa shape index (κ3) is 3.71. The Kier molecular flexibility index (Phi) is 4.99. The standard InChI is InChI=1S/C16H17ClN2S/c1-11-4-2-5-12(10-11)8-9-19-14-7-3-6-13(17)15(14)16(18)20/h2-7,10,19H,8-9H2,1H3,(H2,18,20). The first-order valence-corrected chi connectivity index (χ1v) is 7.24. The van der Waals surface area contributed by atoms with Gasteiger partial charge in [-0.1, -0.05) is 59.7 Å². The van der Waals surface area contributed by atoms with Crippen LogP contribution in [-0.4, -0.2) is 11.5 Å². The molecule has 0 unspecified atom stereocenters. The third-order valence-electron chi connectivity index (χ3n) is 3.07. The maximum atomic E-state index is 6.13. The second kappa shape index (κ2) is 6.73. The zero-order valence-corrected chi connectivity index (χ0v) is 12.9. The van der Waals surface area contributed by atoms with Crippen molar-refractivity contribution in [3.8, 4) is 0 Å². The molecule has 104 valence electrons. The van der Waals surface area contributed by atoms with Crippen molar-refractivity contribution in [1.29, 1.82) is 0 Å². The van der Waals surface area contributed by atoms with Gasteiger partial charge in [0.2, 0.25) is 0 Å². The average molecular weight is 305 g/mol. The monoisotopic (exact) mass is 304 g/mol. The third-order valence-corrected chi connectivity index (χ3v) is 3.59. The lowest BCUT2D eigenvalue weighted by atomic mass is 10.1. The summed E-state index contributed by atoms with van der Waals surface area (Å²) in [6, 6.07) is 14.1. The SMILES string of the molecule is Cc1cccc(CCNc2cccc(Cl)c2C(N)=S)c1. The van der Waals surface area contributed by atoms with Gasteiger partial charge in [-0.05, 0) is 31.0 Å². The number of rotatable bonds is 5. The molecule has 2 nitrogen and oxygen atoms in total. The molecule has 0 atom stereocenters. The number of thiocarbonyl (C=S) groups is 1. The summed E-state index contributed by atoms with van der Waals surface area (Å²) >= 11 is 11.2. The highest BCUT2D eigenvalue weighted by Gasteiger charge is 2.09. The van der Waals surface area contributed by atoms with E-state index in [0.717, 1.165) is 18.7 Å². The first-order valence-electron chi connectivity index (χ1n) is 6.45. The fourth-order valence-electron chi connectivity index (χ4n) is 2.13. The zero-order chi connectivity index (χ0) is 14.5. The number of hydrogen-bond acceptors (Lipinski definition) is 2. The number of anilines is 1. The van der Waals surface area contributed by atoms with Gasteiger partial charge in [0, 0.05) is 12.2 Å². The topological polar surface area (TPSA) is 38.0 Å². The smallest absolute Gasteiger partial charge is 0.107 e. The number of benzene rings is 2. The van der Waals surface area contributed by atoms with Gasteiger partial charge < -0.3 is 11.1 Å². The van der Waals surface area contributed by atoms with Gasteiger partial charge in [0.05, 0.1) is 10.6 Å². The van der Waals surface area contributed by atoms with Gasteiger partial charge in [-0.2, -0.15) is 0 Å². The van der Waals surface area contributed by atoms with Crippen LogP contribution in [0.15, 0.2) is 42.5 Å². The van der Waals surface area contributed by atoms with E-state index in [4.69, 9.17) is 29.6 Å². The van der Waals surface area contributed by atoms with E-state index in [9.17, 15) is 0 Å². The van der Waals surface area contributed by atoms with Crippen LogP contribution in [0.3, 0.4) is 0 Å². The average Bonchev–Trinajstić information content (AvgIpc) is 2.38. The lowest BCUT2D eigenvalue weighted by Gasteiger charge is -2.12. The van der Waals surface area contributed by atoms with Gasteiger partial charge in [0.15, 0.2) is 0 Å². The van der Waals surface area contributed by atoms with Gasteiger partial charge in [0.25, 0.3) is 0 Å². The summed E-state index contributed by atoms with van der Waals surface area (Å²) in [6.45, 7) is 2.90. The molecule has 0 aromatic heterocycles. The van der Waals surface area contributed by atoms with E-state index < -0.39 is 0 Å². The predicted octanol–water partition coefficient (Wildman–Crippen LogP) is 3.94. The van der Waals surface area contributed by atoms with Crippen LogP contribution in [-0.2, 0) is 6.42 Å². The summed E-state index contributed by atoms with van der Waals surface area (Å²) in [6.07, 6.45) is 0.935. The van der Waals surface area contributed by atoms with Crippen LogP contribution in [0.1, 0.15) is 16.7 Å². The molecule has 2 aromatic rings. The highest BCUT2D eigenvalue weighted by atomic mass is 35.5. The molecule has 0 aliphatic carbocycles. The van der Waals surface area contributed by atoms with Gasteiger partial charge in [0.1, 0.15) is 4.99 Å². The quantitative estimate of drug-likeness (QED) is 0.822. The number of halogens is 1. The Labute approximate surface area is 130 Å². The molecule has 0 heterocycles. The molecule has 2 rings (SSSR count). The van der Waals surface area contributed by atoms with Crippen molar-refractivity contribution < 1.29 is 0 Å².